The first kappa shape index (κ1) is 13.7. The number of hydrogen-bond acceptors (Lipinski definition) is 3. The summed E-state index contributed by atoms with van der Waals surface area (Å²) in [7, 11) is 0. The molecule has 1 unspecified atom stereocenters. The number of thioether (sulfide) groups is 1. The largest absolute Gasteiger partial charge is 1.00 e. The predicted molar refractivity (Wildman–Crippen MR) is 37.2 cm³/mol. The van der Waals surface area contributed by atoms with Crippen molar-refractivity contribution in [2.24, 2.45) is 0 Å². The van der Waals surface area contributed by atoms with E-state index in [0.29, 0.717) is 0 Å². The van der Waals surface area contributed by atoms with Crippen LogP contribution in [0.5, 0.6) is 0 Å². The fourth-order valence-corrected chi connectivity index (χ4v) is 0.969. The van der Waals surface area contributed by atoms with E-state index in [4.69, 9.17) is 0 Å². The Labute approximate surface area is 81.4 Å². The van der Waals surface area contributed by atoms with Gasteiger partial charge in [-0.05, 0) is 12.5 Å². The molecule has 0 rings (SSSR count). The maximum absolute atomic E-state index is 12.2. The molecule has 0 aromatic rings. The van der Waals surface area contributed by atoms with Crippen LogP contribution in [0, 0.1) is 0 Å². The van der Waals surface area contributed by atoms with Gasteiger partial charge in [0.05, 0.1) is 0 Å². The summed E-state index contributed by atoms with van der Waals surface area (Å²) in [6.45, 7) is 3.20. The van der Waals surface area contributed by atoms with Crippen molar-refractivity contribution in [1.29, 1.82) is 0 Å². The third-order valence-electron chi connectivity index (χ3n) is 0.769. The zero-order chi connectivity index (χ0) is 7.98. The third-order valence-corrected chi connectivity index (χ3v) is 1.72. The topological polar surface area (TPSA) is 40.1 Å². The molecular formula is C6H8FLiO2S. The van der Waals surface area contributed by atoms with Crippen LogP contribution < -0.4 is 24.0 Å². The molecule has 2 nitrogen and oxygen atoms in total. The van der Waals surface area contributed by atoms with Crippen molar-refractivity contribution < 1.29 is 33.2 Å². The van der Waals surface area contributed by atoms with Gasteiger partial charge in [-0.15, -0.1) is 11.8 Å². The molecule has 0 N–H and O–H groups in total. The molecule has 11 heavy (non-hydrogen) atoms. The van der Waals surface area contributed by atoms with Crippen molar-refractivity contribution >= 4 is 17.7 Å². The summed E-state index contributed by atoms with van der Waals surface area (Å²) in [5.74, 6) is -0.918. The molecule has 1 atom stereocenters. The first-order valence-electron chi connectivity index (χ1n) is 2.75. The molecule has 0 fully saturated rings. The fourth-order valence-electron chi connectivity index (χ4n) is 0.323. The van der Waals surface area contributed by atoms with Crippen molar-refractivity contribution in [3.05, 3.63) is 12.7 Å². The van der Waals surface area contributed by atoms with Gasteiger partial charge in [0.25, 0.3) is 0 Å². The van der Waals surface area contributed by atoms with Crippen molar-refractivity contribution in [2.75, 3.05) is 5.75 Å². The van der Waals surface area contributed by atoms with Gasteiger partial charge in [0.1, 0.15) is 0 Å². The van der Waals surface area contributed by atoms with Gasteiger partial charge in [0.15, 0.2) is 5.50 Å². The Hall–Kier alpha value is 0.0874. The molecule has 0 aliphatic heterocycles. The average molecular weight is 170 g/mol. The molecule has 0 aromatic carbocycles. The van der Waals surface area contributed by atoms with Gasteiger partial charge in [-0.1, -0.05) is 6.58 Å². The molecule has 0 amide bonds. The summed E-state index contributed by atoms with van der Waals surface area (Å²) in [5.41, 5.74) is -1.17. The first-order valence-corrected chi connectivity index (χ1v) is 3.79. The second-order valence-corrected chi connectivity index (χ2v) is 2.77. The Morgan fingerprint density at radius 2 is 2.36 bits per heavy atom. The van der Waals surface area contributed by atoms with Crippen LogP contribution in [0.4, 0.5) is 4.39 Å². The van der Waals surface area contributed by atoms with Crippen LogP contribution in [-0.2, 0) is 4.79 Å². The molecule has 0 aliphatic carbocycles. The molecule has 0 aromatic heterocycles. The van der Waals surface area contributed by atoms with E-state index in [0.717, 1.165) is 17.8 Å². The van der Waals surface area contributed by atoms with Gasteiger partial charge >= 0.3 is 18.9 Å². The van der Waals surface area contributed by atoms with E-state index >= 15 is 0 Å². The van der Waals surface area contributed by atoms with Gasteiger partial charge in [0.2, 0.25) is 0 Å². The normalized spacial score (nSPS) is 11.4. The van der Waals surface area contributed by atoms with E-state index < -0.39 is 11.5 Å². The zero-order valence-electron chi connectivity index (χ0n) is 6.38. The second kappa shape index (κ2) is 8.19. The zero-order valence-corrected chi connectivity index (χ0v) is 7.20. The van der Waals surface area contributed by atoms with E-state index in [9.17, 15) is 14.3 Å². The third kappa shape index (κ3) is 10.1. The van der Waals surface area contributed by atoms with Gasteiger partial charge in [-0.3, -0.25) is 0 Å². The number of rotatable bonds is 5. The van der Waals surface area contributed by atoms with Gasteiger partial charge in [-0.25, -0.2) is 4.39 Å². The second-order valence-electron chi connectivity index (χ2n) is 1.58. The molecule has 0 saturated heterocycles. The number of carbonyl (C=O) groups excluding carboxylic acids is 1. The monoisotopic (exact) mass is 170 g/mol. The minimum atomic E-state index is -1.17. The molecule has 0 heterocycles. The molecule has 0 saturated carbocycles. The number of carboxylic acid groups (broad SMARTS) is 1. The number of hydrogen-bond donors (Lipinski definition) is 0. The number of alkyl halides is 1. The Kier molecular flexibility index (Phi) is 10.2. The number of carboxylic acids is 1. The molecule has 0 radical (unpaired) electrons. The average Bonchev–Trinajstić information content (AvgIpc) is 1.87. The summed E-state index contributed by atoms with van der Waals surface area (Å²) < 4.78 is 12.2. The van der Waals surface area contributed by atoms with Crippen LogP contribution in [0.1, 0.15) is 6.42 Å². The minimum Gasteiger partial charge on any atom is -0.550 e. The maximum atomic E-state index is 12.2. The first-order chi connectivity index (χ1) is 4.66. The predicted octanol–water partition coefficient (Wildman–Crippen LogP) is -2.65. The Morgan fingerprint density at radius 1 is 1.82 bits per heavy atom. The summed E-state index contributed by atoms with van der Waals surface area (Å²) in [6, 6.07) is 0. The van der Waals surface area contributed by atoms with E-state index in [1.54, 1.807) is 0 Å². The Morgan fingerprint density at radius 3 is 2.73 bits per heavy atom. The van der Waals surface area contributed by atoms with Crippen LogP contribution in [0.3, 0.4) is 0 Å². The minimum absolute atomic E-state index is 0. The van der Waals surface area contributed by atoms with Crippen molar-refractivity contribution in [1.82, 2.24) is 0 Å². The summed E-state index contributed by atoms with van der Waals surface area (Å²) in [5, 5.41) is 9.80. The molecule has 58 valence electrons. The van der Waals surface area contributed by atoms with Crippen molar-refractivity contribution in [3.8, 4) is 0 Å². The molecule has 0 aliphatic rings. The molecular weight excluding hydrogens is 162 g/mol. The van der Waals surface area contributed by atoms with Gasteiger partial charge in [0, 0.05) is 11.7 Å². The van der Waals surface area contributed by atoms with Crippen LogP contribution in [0.25, 0.3) is 0 Å². The summed E-state index contributed by atoms with van der Waals surface area (Å²) >= 11 is 0.899. The Bertz CT molecular complexity index is 132. The SMILES string of the molecule is C=CC(F)SCCC(=O)[O-].[Li+]. The van der Waals surface area contributed by atoms with E-state index in [-0.39, 0.29) is 31.0 Å². The van der Waals surface area contributed by atoms with E-state index in [1.807, 2.05) is 0 Å². The quantitative estimate of drug-likeness (QED) is 0.334. The fraction of sp³-hybridized carbons (Fsp3) is 0.500. The van der Waals surface area contributed by atoms with Crippen LogP contribution in [-0.4, -0.2) is 17.2 Å². The standard InChI is InChI=1S/C6H9FO2S.Li/c1-2-5(7)10-4-3-6(8)9;/h2,5H,1,3-4H2,(H,8,9);/q;+1/p-1. The summed E-state index contributed by atoms with van der Waals surface area (Å²) in [4.78, 5) is 9.80. The van der Waals surface area contributed by atoms with Crippen LogP contribution >= 0.6 is 11.8 Å². The Balaban J connectivity index is 0. The van der Waals surface area contributed by atoms with Gasteiger partial charge in [-0.2, -0.15) is 0 Å². The maximum Gasteiger partial charge on any atom is 1.00 e. The molecule has 5 heteroatoms. The number of halogens is 1. The van der Waals surface area contributed by atoms with E-state index in [2.05, 4.69) is 6.58 Å². The smallest absolute Gasteiger partial charge is 0.550 e. The van der Waals surface area contributed by atoms with Gasteiger partial charge < -0.3 is 9.90 Å². The molecule has 0 spiro atoms. The van der Waals surface area contributed by atoms with Crippen LogP contribution in [0.15, 0.2) is 12.7 Å². The van der Waals surface area contributed by atoms with Crippen molar-refractivity contribution in [2.45, 2.75) is 11.9 Å². The van der Waals surface area contributed by atoms with Crippen molar-refractivity contribution in [3.63, 3.8) is 0 Å². The summed E-state index contributed by atoms with van der Waals surface area (Å²) in [6.07, 6.45) is 1.01. The number of carbonyl (C=O) groups is 1. The van der Waals surface area contributed by atoms with E-state index in [1.165, 1.54) is 0 Å². The molecule has 0 bridgehead atoms. The van der Waals surface area contributed by atoms with Crippen LogP contribution in [0.2, 0.25) is 0 Å². The number of aliphatic carboxylic acids is 1.